The number of hydrogen-bond donors (Lipinski definition) is 2. The molecule has 0 aliphatic carbocycles. The highest BCUT2D eigenvalue weighted by molar-refractivity contribution is 4.67. The summed E-state index contributed by atoms with van der Waals surface area (Å²) in [5.41, 5.74) is 0. The Labute approximate surface area is 125 Å². The third-order valence-electron chi connectivity index (χ3n) is 4.56. The van der Waals surface area contributed by atoms with E-state index in [4.69, 9.17) is 0 Å². The fraction of sp³-hybridized carbons (Fsp3) is 1.00. The van der Waals surface area contributed by atoms with Crippen LogP contribution in [0.3, 0.4) is 0 Å². The second kappa shape index (κ2) is 10.6. The molecule has 0 spiro atoms. The van der Waals surface area contributed by atoms with Crippen LogP contribution in [0.1, 0.15) is 38.5 Å². The molecule has 0 aromatic carbocycles. The van der Waals surface area contributed by atoms with E-state index < -0.39 is 0 Å². The molecule has 4 nitrogen and oxygen atoms in total. The lowest BCUT2D eigenvalue weighted by Crippen LogP contribution is -2.35. The van der Waals surface area contributed by atoms with Crippen LogP contribution in [0, 0.1) is 0 Å². The molecule has 0 aromatic heterocycles. The average Bonchev–Trinajstić information content (AvgIpc) is 3.00. The van der Waals surface area contributed by atoms with E-state index in [0.29, 0.717) is 0 Å². The van der Waals surface area contributed by atoms with Gasteiger partial charge in [0.15, 0.2) is 0 Å². The molecule has 0 atom stereocenters. The topological polar surface area (TPSA) is 30.5 Å². The van der Waals surface area contributed by atoms with Gasteiger partial charge in [-0.25, -0.2) is 0 Å². The first-order valence-corrected chi connectivity index (χ1v) is 8.81. The second-order valence-electron chi connectivity index (χ2n) is 6.30. The summed E-state index contributed by atoms with van der Waals surface area (Å²) in [6.45, 7) is 12.4. The van der Waals surface area contributed by atoms with Crippen LogP contribution in [0.5, 0.6) is 0 Å². The molecule has 0 amide bonds. The molecular formula is C16H34N4. The van der Waals surface area contributed by atoms with E-state index in [9.17, 15) is 0 Å². The SMILES string of the molecule is C1CCN(CCCNCCNCCN2CCCC2)CC1. The molecule has 118 valence electrons. The predicted octanol–water partition coefficient (Wildman–Crippen LogP) is 1.14. The molecule has 2 aliphatic rings. The minimum atomic E-state index is 1.11. The molecule has 4 heteroatoms. The molecule has 0 saturated carbocycles. The summed E-state index contributed by atoms with van der Waals surface area (Å²) in [4.78, 5) is 5.19. The lowest BCUT2D eigenvalue weighted by Gasteiger charge is -2.26. The van der Waals surface area contributed by atoms with Crippen LogP contribution in [0.4, 0.5) is 0 Å². The Morgan fingerprint density at radius 1 is 0.550 bits per heavy atom. The van der Waals surface area contributed by atoms with Crippen LogP contribution in [0.2, 0.25) is 0 Å². The normalized spacial score (nSPS) is 21.6. The van der Waals surface area contributed by atoms with E-state index in [0.717, 1.165) is 19.6 Å². The zero-order valence-corrected chi connectivity index (χ0v) is 13.2. The van der Waals surface area contributed by atoms with Crippen LogP contribution in [0.15, 0.2) is 0 Å². The molecule has 2 fully saturated rings. The Morgan fingerprint density at radius 3 is 1.80 bits per heavy atom. The van der Waals surface area contributed by atoms with Crippen molar-refractivity contribution < 1.29 is 0 Å². The van der Waals surface area contributed by atoms with Crippen molar-refractivity contribution in [2.45, 2.75) is 38.5 Å². The Morgan fingerprint density at radius 2 is 1.10 bits per heavy atom. The average molecular weight is 282 g/mol. The standard InChI is InChI=1S/C16H34N4/c1-2-11-19(12-3-1)15-6-7-17-8-9-18-10-16-20-13-4-5-14-20/h17-18H,1-16H2. The number of nitrogens with one attached hydrogen (secondary N) is 2. The molecule has 2 aliphatic heterocycles. The monoisotopic (exact) mass is 282 g/mol. The van der Waals surface area contributed by atoms with E-state index in [1.54, 1.807) is 0 Å². The van der Waals surface area contributed by atoms with E-state index in [2.05, 4.69) is 20.4 Å². The zero-order valence-electron chi connectivity index (χ0n) is 13.2. The first-order valence-electron chi connectivity index (χ1n) is 8.81. The summed E-state index contributed by atoms with van der Waals surface area (Å²) in [5.74, 6) is 0. The third kappa shape index (κ3) is 7.02. The number of rotatable bonds is 10. The largest absolute Gasteiger partial charge is 0.315 e. The highest BCUT2D eigenvalue weighted by Crippen LogP contribution is 2.08. The zero-order chi connectivity index (χ0) is 13.9. The minimum absolute atomic E-state index is 1.11. The van der Waals surface area contributed by atoms with Gasteiger partial charge in [0.05, 0.1) is 0 Å². The Balaban J connectivity index is 1.29. The van der Waals surface area contributed by atoms with Gasteiger partial charge in [0, 0.05) is 26.2 Å². The van der Waals surface area contributed by atoms with Crippen molar-refractivity contribution in [2.75, 3.05) is 65.4 Å². The van der Waals surface area contributed by atoms with Crippen LogP contribution >= 0.6 is 0 Å². The molecule has 2 saturated heterocycles. The Bertz CT molecular complexity index is 223. The van der Waals surface area contributed by atoms with E-state index in [1.165, 1.54) is 84.3 Å². The fourth-order valence-electron chi connectivity index (χ4n) is 3.28. The maximum atomic E-state index is 3.55. The number of hydrogen-bond acceptors (Lipinski definition) is 4. The van der Waals surface area contributed by atoms with Crippen LogP contribution in [0.25, 0.3) is 0 Å². The molecule has 2 heterocycles. The van der Waals surface area contributed by atoms with Gasteiger partial charge in [-0.2, -0.15) is 0 Å². The predicted molar refractivity (Wildman–Crippen MR) is 86.3 cm³/mol. The quantitative estimate of drug-likeness (QED) is 0.588. The van der Waals surface area contributed by atoms with Gasteiger partial charge in [-0.1, -0.05) is 6.42 Å². The van der Waals surface area contributed by atoms with Crippen molar-refractivity contribution in [3.05, 3.63) is 0 Å². The van der Waals surface area contributed by atoms with Crippen LogP contribution in [-0.4, -0.2) is 75.2 Å². The van der Waals surface area contributed by atoms with Crippen molar-refractivity contribution in [3.8, 4) is 0 Å². The second-order valence-corrected chi connectivity index (χ2v) is 6.30. The van der Waals surface area contributed by atoms with E-state index >= 15 is 0 Å². The summed E-state index contributed by atoms with van der Waals surface area (Å²) in [6, 6.07) is 0. The lowest BCUT2D eigenvalue weighted by atomic mass is 10.1. The van der Waals surface area contributed by atoms with Gasteiger partial charge in [-0.15, -0.1) is 0 Å². The summed E-state index contributed by atoms with van der Waals surface area (Å²) in [6.07, 6.45) is 8.37. The molecule has 20 heavy (non-hydrogen) atoms. The van der Waals surface area contributed by atoms with Crippen molar-refractivity contribution in [3.63, 3.8) is 0 Å². The number of nitrogens with zero attached hydrogens (tertiary/aromatic N) is 2. The van der Waals surface area contributed by atoms with Gasteiger partial charge in [-0.05, 0) is 71.4 Å². The van der Waals surface area contributed by atoms with Gasteiger partial charge < -0.3 is 20.4 Å². The minimum Gasteiger partial charge on any atom is -0.315 e. The molecule has 0 bridgehead atoms. The van der Waals surface area contributed by atoms with Crippen LogP contribution in [-0.2, 0) is 0 Å². The highest BCUT2D eigenvalue weighted by Gasteiger charge is 2.10. The molecule has 0 unspecified atom stereocenters. The van der Waals surface area contributed by atoms with Crippen molar-refractivity contribution in [1.29, 1.82) is 0 Å². The van der Waals surface area contributed by atoms with Gasteiger partial charge >= 0.3 is 0 Å². The number of likely N-dealkylation sites (tertiary alicyclic amines) is 2. The first-order chi connectivity index (χ1) is 9.95. The number of piperidine rings is 1. The molecular weight excluding hydrogens is 248 g/mol. The highest BCUT2D eigenvalue weighted by atomic mass is 15.2. The third-order valence-corrected chi connectivity index (χ3v) is 4.56. The molecule has 0 aromatic rings. The van der Waals surface area contributed by atoms with Gasteiger partial charge in [-0.3, -0.25) is 0 Å². The van der Waals surface area contributed by atoms with Crippen molar-refractivity contribution in [2.24, 2.45) is 0 Å². The van der Waals surface area contributed by atoms with Gasteiger partial charge in [0.2, 0.25) is 0 Å². The van der Waals surface area contributed by atoms with E-state index in [-0.39, 0.29) is 0 Å². The Hall–Kier alpha value is -0.160. The molecule has 2 rings (SSSR count). The summed E-state index contributed by atoms with van der Waals surface area (Å²) >= 11 is 0. The van der Waals surface area contributed by atoms with Crippen molar-refractivity contribution in [1.82, 2.24) is 20.4 Å². The van der Waals surface area contributed by atoms with Gasteiger partial charge in [0.25, 0.3) is 0 Å². The smallest absolute Gasteiger partial charge is 0.0107 e. The van der Waals surface area contributed by atoms with Crippen molar-refractivity contribution >= 4 is 0 Å². The molecule has 0 radical (unpaired) electrons. The first kappa shape index (κ1) is 16.2. The summed E-state index contributed by atoms with van der Waals surface area (Å²) in [5, 5.41) is 7.09. The maximum absolute atomic E-state index is 3.55. The fourth-order valence-corrected chi connectivity index (χ4v) is 3.28. The van der Waals surface area contributed by atoms with E-state index in [1.807, 2.05) is 0 Å². The summed E-state index contributed by atoms with van der Waals surface area (Å²) < 4.78 is 0. The lowest BCUT2D eigenvalue weighted by molar-refractivity contribution is 0.226. The maximum Gasteiger partial charge on any atom is 0.0107 e. The Kier molecular flexibility index (Phi) is 8.55. The van der Waals surface area contributed by atoms with Gasteiger partial charge in [0.1, 0.15) is 0 Å². The van der Waals surface area contributed by atoms with Crippen LogP contribution < -0.4 is 10.6 Å². The molecule has 2 N–H and O–H groups in total. The summed E-state index contributed by atoms with van der Waals surface area (Å²) in [7, 11) is 0.